The van der Waals surface area contributed by atoms with Gasteiger partial charge in [0.2, 0.25) is 11.8 Å². The Labute approximate surface area is 204 Å². The first kappa shape index (κ1) is 23.0. The van der Waals surface area contributed by atoms with Crippen molar-refractivity contribution in [3.63, 3.8) is 0 Å². The molecule has 2 N–H and O–H groups in total. The number of carboxylic acids is 1. The number of aliphatic carboxylic acids is 1. The van der Waals surface area contributed by atoms with Gasteiger partial charge < -0.3 is 5.11 Å². The van der Waals surface area contributed by atoms with Gasteiger partial charge in [-0.15, -0.1) is 0 Å². The number of carboxylic acid groups (broad SMARTS) is 1. The number of rotatable bonds is 5. The van der Waals surface area contributed by atoms with Crippen molar-refractivity contribution in [3.05, 3.63) is 101 Å². The number of carbonyl (C=O) groups excluding carboxylic acids is 2. The topological polar surface area (TPSA) is 86.7 Å². The monoisotopic (exact) mass is 468 g/mol. The van der Waals surface area contributed by atoms with Crippen LogP contribution in [0.2, 0.25) is 0 Å². The van der Waals surface area contributed by atoms with E-state index in [9.17, 15) is 19.5 Å². The molecule has 2 heterocycles. The SMILES string of the molecule is Cc1ccc(C)c(C2NC(Cc3ccccc3)(C(=O)O)C3C(=O)N(c4ccccc4C)C(=O)C23)c1. The molecule has 0 aromatic heterocycles. The van der Waals surface area contributed by atoms with Gasteiger partial charge in [0.15, 0.2) is 0 Å². The number of carbonyl (C=O) groups is 3. The van der Waals surface area contributed by atoms with Gasteiger partial charge in [-0.3, -0.25) is 19.7 Å². The fourth-order valence-corrected chi connectivity index (χ4v) is 5.77. The van der Waals surface area contributed by atoms with Crippen molar-refractivity contribution in [2.75, 3.05) is 4.90 Å². The molecule has 2 amide bonds. The highest BCUT2D eigenvalue weighted by Crippen LogP contribution is 2.51. The summed E-state index contributed by atoms with van der Waals surface area (Å²) in [4.78, 5) is 42.2. The summed E-state index contributed by atoms with van der Waals surface area (Å²) >= 11 is 0. The minimum absolute atomic E-state index is 0.0896. The van der Waals surface area contributed by atoms with Crippen molar-refractivity contribution >= 4 is 23.5 Å². The van der Waals surface area contributed by atoms with Crippen molar-refractivity contribution in [1.29, 1.82) is 0 Å². The second-order valence-corrected chi connectivity index (χ2v) is 9.72. The summed E-state index contributed by atoms with van der Waals surface area (Å²) < 4.78 is 0. The second-order valence-electron chi connectivity index (χ2n) is 9.72. The Hall–Kier alpha value is -3.77. The van der Waals surface area contributed by atoms with Gasteiger partial charge in [-0.1, -0.05) is 72.3 Å². The highest BCUT2D eigenvalue weighted by molar-refractivity contribution is 6.24. The predicted molar refractivity (Wildman–Crippen MR) is 133 cm³/mol. The number of para-hydroxylation sites is 1. The van der Waals surface area contributed by atoms with Crippen LogP contribution < -0.4 is 10.2 Å². The Bertz CT molecular complexity index is 1340. The average Bonchev–Trinajstić information content (AvgIpc) is 3.31. The summed E-state index contributed by atoms with van der Waals surface area (Å²) in [6, 6.07) is 21.8. The maximum absolute atomic E-state index is 14.0. The zero-order chi connectivity index (χ0) is 24.9. The molecule has 35 heavy (non-hydrogen) atoms. The van der Waals surface area contributed by atoms with E-state index in [1.807, 2.05) is 81.4 Å². The predicted octanol–water partition coefficient (Wildman–Crippen LogP) is 4.13. The highest BCUT2D eigenvalue weighted by Gasteiger charge is 2.68. The van der Waals surface area contributed by atoms with Gasteiger partial charge in [0.1, 0.15) is 5.54 Å². The highest BCUT2D eigenvalue weighted by atomic mass is 16.4. The Morgan fingerprint density at radius 3 is 2.29 bits per heavy atom. The van der Waals surface area contributed by atoms with Crippen molar-refractivity contribution in [2.45, 2.75) is 38.8 Å². The van der Waals surface area contributed by atoms with Gasteiger partial charge in [0, 0.05) is 12.5 Å². The van der Waals surface area contributed by atoms with Gasteiger partial charge in [0.25, 0.3) is 0 Å². The van der Waals surface area contributed by atoms with Gasteiger partial charge in [-0.2, -0.15) is 0 Å². The maximum Gasteiger partial charge on any atom is 0.325 e. The third kappa shape index (κ3) is 3.56. The number of hydrogen-bond acceptors (Lipinski definition) is 4. The van der Waals surface area contributed by atoms with Crippen LogP contribution in [0.3, 0.4) is 0 Å². The van der Waals surface area contributed by atoms with Crippen molar-refractivity contribution in [1.82, 2.24) is 5.32 Å². The number of amides is 2. The van der Waals surface area contributed by atoms with E-state index in [0.717, 1.165) is 27.8 Å². The number of benzene rings is 3. The first-order valence-electron chi connectivity index (χ1n) is 11.8. The summed E-state index contributed by atoms with van der Waals surface area (Å²) in [6.07, 6.45) is 0.0896. The summed E-state index contributed by atoms with van der Waals surface area (Å²) in [7, 11) is 0. The number of nitrogens with zero attached hydrogens (tertiary/aromatic N) is 1. The molecule has 6 nitrogen and oxygen atoms in total. The Morgan fingerprint density at radius 1 is 0.914 bits per heavy atom. The number of nitrogens with one attached hydrogen (secondary N) is 1. The number of fused-ring (bicyclic) bond motifs is 1. The van der Waals surface area contributed by atoms with E-state index in [0.29, 0.717) is 5.69 Å². The van der Waals surface area contributed by atoms with Crippen LogP contribution in [0.5, 0.6) is 0 Å². The molecule has 2 fully saturated rings. The van der Waals surface area contributed by atoms with Crippen molar-refractivity contribution < 1.29 is 19.5 Å². The van der Waals surface area contributed by atoms with Crippen molar-refractivity contribution in [2.24, 2.45) is 11.8 Å². The molecular formula is C29H28N2O4. The Kier molecular flexibility index (Phi) is 5.56. The summed E-state index contributed by atoms with van der Waals surface area (Å²) in [5.74, 6) is -3.83. The fourth-order valence-electron chi connectivity index (χ4n) is 5.77. The van der Waals surface area contributed by atoms with E-state index in [1.165, 1.54) is 4.90 Å². The zero-order valence-corrected chi connectivity index (χ0v) is 20.0. The molecule has 0 bridgehead atoms. The quantitative estimate of drug-likeness (QED) is 0.550. The van der Waals surface area contributed by atoms with Crippen LogP contribution in [-0.2, 0) is 20.8 Å². The Balaban J connectivity index is 1.70. The van der Waals surface area contributed by atoms with Gasteiger partial charge in [-0.25, -0.2) is 4.90 Å². The van der Waals surface area contributed by atoms with Gasteiger partial charge >= 0.3 is 5.97 Å². The van der Waals surface area contributed by atoms with E-state index in [1.54, 1.807) is 12.1 Å². The lowest BCUT2D eigenvalue weighted by Crippen LogP contribution is -2.57. The summed E-state index contributed by atoms with van der Waals surface area (Å²) in [5.41, 5.74) is 3.26. The third-order valence-corrected chi connectivity index (χ3v) is 7.49. The molecule has 0 saturated carbocycles. The molecule has 2 saturated heterocycles. The molecule has 6 heteroatoms. The molecule has 0 radical (unpaired) electrons. The minimum atomic E-state index is -1.63. The van der Waals surface area contributed by atoms with Crippen LogP contribution >= 0.6 is 0 Å². The second kappa shape index (κ2) is 8.47. The molecule has 4 unspecified atom stereocenters. The molecule has 4 atom stereocenters. The standard InChI is InChI=1S/C29H28N2O4/c1-17-13-14-18(2)21(15-17)25-23-24(27(33)31(26(23)32)22-12-8-7-9-19(22)3)29(30-25,28(34)35)16-20-10-5-4-6-11-20/h4-15,23-25,30H,16H2,1-3H3,(H,34,35). The fraction of sp³-hybridized carbons (Fsp3) is 0.276. The molecule has 0 spiro atoms. The van der Waals surface area contributed by atoms with Crippen LogP contribution in [0.4, 0.5) is 5.69 Å². The zero-order valence-electron chi connectivity index (χ0n) is 20.0. The van der Waals surface area contributed by atoms with Crippen molar-refractivity contribution in [3.8, 4) is 0 Å². The van der Waals surface area contributed by atoms with E-state index < -0.39 is 35.3 Å². The normalized spacial score (nSPS) is 25.7. The molecule has 5 rings (SSSR count). The van der Waals surface area contributed by atoms with Crippen LogP contribution in [0.25, 0.3) is 0 Å². The average molecular weight is 469 g/mol. The Morgan fingerprint density at radius 2 is 1.60 bits per heavy atom. The number of hydrogen-bond donors (Lipinski definition) is 2. The largest absolute Gasteiger partial charge is 0.480 e. The maximum atomic E-state index is 14.0. The molecule has 2 aliphatic heterocycles. The smallest absolute Gasteiger partial charge is 0.325 e. The van der Waals surface area contributed by atoms with Gasteiger partial charge in [-0.05, 0) is 49.1 Å². The van der Waals surface area contributed by atoms with Crippen LogP contribution in [-0.4, -0.2) is 28.4 Å². The minimum Gasteiger partial charge on any atom is -0.480 e. The van der Waals surface area contributed by atoms with E-state index >= 15 is 0 Å². The van der Waals surface area contributed by atoms with Crippen LogP contribution in [0.15, 0.2) is 72.8 Å². The first-order chi connectivity index (χ1) is 16.7. The molecule has 3 aromatic rings. The lowest BCUT2D eigenvalue weighted by atomic mass is 9.76. The molecule has 178 valence electrons. The first-order valence-corrected chi connectivity index (χ1v) is 11.8. The van der Waals surface area contributed by atoms with Crippen LogP contribution in [0, 0.1) is 32.6 Å². The van der Waals surface area contributed by atoms with Crippen LogP contribution in [0.1, 0.15) is 33.9 Å². The molecule has 0 aliphatic carbocycles. The summed E-state index contributed by atoms with van der Waals surface area (Å²) in [5, 5.41) is 14.0. The number of anilines is 1. The molecule has 2 aliphatic rings. The van der Waals surface area contributed by atoms with E-state index in [-0.39, 0.29) is 12.3 Å². The molecule has 3 aromatic carbocycles. The van der Waals surface area contributed by atoms with E-state index in [2.05, 4.69) is 5.32 Å². The number of aryl methyl sites for hydroxylation is 3. The van der Waals surface area contributed by atoms with E-state index in [4.69, 9.17) is 0 Å². The third-order valence-electron chi connectivity index (χ3n) is 7.49. The lowest BCUT2D eigenvalue weighted by Gasteiger charge is -2.32. The number of imide groups is 1. The lowest BCUT2D eigenvalue weighted by molar-refractivity contribution is -0.148. The van der Waals surface area contributed by atoms with Gasteiger partial charge in [0.05, 0.1) is 17.5 Å². The molecular weight excluding hydrogens is 440 g/mol. The summed E-state index contributed by atoms with van der Waals surface area (Å²) in [6.45, 7) is 5.76.